The maximum Gasteiger partial charge on any atom is 0.202 e. The number of aliphatic hydroxyl groups is 1. The van der Waals surface area contributed by atoms with Crippen molar-refractivity contribution in [2.45, 2.75) is 33.3 Å². The monoisotopic (exact) mass is 211 g/mol. The minimum atomic E-state index is -0.332. The second kappa shape index (κ2) is 4.66. The molecule has 1 unspecified atom stereocenters. The summed E-state index contributed by atoms with van der Waals surface area (Å²) in [6.45, 7) is 6.91. The molecule has 1 aromatic rings. The predicted octanol–water partition coefficient (Wildman–Crippen LogP) is 1.63. The molecule has 2 N–H and O–H groups in total. The average Bonchev–Trinajstić information content (AvgIpc) is 2.44. The van der Waals surface area contributed by atoms with Crippen molar-refractivity contribution in [2.24, 2.45) is 12.5 Å². The van der Waals surface area contributed by atoms with Crippen LogP contribution in [0.3, 0.4) is 0 Å². The molecule has 0 saturated carbocycles. The van der Waals surface area contributed by atoms with Gasteiger partial charge in [0.25, 0.3) is 0 Å². The Hall–Kier alpha value is -1.03. The zero-order valence-corrected chi connectivity index (χ0v) is 9.99. The van der Waals surface area contributed by atoms with E-state index in [1.165, 1.54) is 0 Å². The van der Waals surface area contributed by atoms with Crippen LogP contribution in [0.25, 0.3) is 0 Å². The Morgan fingerprint density at radius 1 is 1.53 bits per heavy atom. The van der Waals surface area contributed by atoms with Gasteiger partial charge in [-0.3, -0.25) is 0 Å². The summed E-state index contributed by atoms with van der Waals surface area (Å²) in [6.07, 6.45) is 4.06. The molecule has 4 nitrogen and oxygen atoms in total. The molecule has 0 bridgehead atoms. The third kappa shape index (κ3) is 4.34. The van der Waals surface area contributed by atoms with Crippen LogP contribution < -0.4 is 5.32 Å². The van der Waals surface area contributed by atoms with E-state index in [4.69, 9.17) is 0 Å². The maximum atomic E-state index is 9.77. The van der Waals surface area contributed by atoms with E-state index in [0.29, 0.717) is 6.54 Å². The van der Waals surface area contributed by atoms with Crippen LogP contribution in [0.2, 0.25) is 0 Å². The average molecular weight is 211 g/mol. The number of imidazole rings is 1. The first-order valence-corrected chi connectivity index (χ1v) is 5.28. The first-order valence-electron chi connectivity index (χ1n) is 5.28. The molecule has 0 aliphatic rings. The minimum absolute atomic E-state index is 0.155. The van der Waals surface area contributed by atoms with Crippen LogP contribution in [0.5, 0.6) is 0 Å². The largest absolute Gasteiger partial charge is 0.391 e. The lowest BCUT2D eigenvalue weighted by atomic mass is 9.89. The molecule has 0 aliphatic heterocycles. The third-order valence-corrected chi connectivity index (χ3v) is 2.16. The number of aryl methyl sites for hydroxylation is 1. The summed E-state index contributed by atoms with van der Waals surface area (Å²) in [5.74, 6) is 0.794. The van der Waals surface area contributed by atoms with Crippen molar-refractivity contribution in [3.63, 3.8) is 0 Å². The van der Waals surface area contributed by atoms with Gasteiger partial charge in [0.15, 0.2) is 0 Å². The second-order valence-electron chi connectivity index (χ2n) is 5.16. The maximum absolute atomic E-state index is 9.77. The third-order valence-electron chi connectivity index (χ3n) is 2.16. The molecule has 0 aromatic carbocycles. The lowest BCUT2D eigenvalue weighted by Gasteiger charge is -2.22. The Morgan fingerprint density at radius 2 is 2.20 bits per heavy atom. The summed E-state index contributed by atoms with van der Waals surface area (Å²) in [7, 11) is 1.92. The zero-order valence-electron chi connectivity index (χ0n) is 9.99. The predicted molar refractivity (Wildman–Crippen MR) is 61.8 cm³/mol. The molecule has 0 fully saturated rings. The highest BCUT2D eigenvalue weighted by atomic mass is 16.3. The fraction of sp³-hybridized carbons (Fsp3) is 0.727. The lowest BCUT2D eigenvalue weighted by Crippen LogP contribution is -2.25. The SMILES string of the molecule is Cn1ccnc1NCC(O)CC(C)(C)C. The van der Waals surface area contributed by atoms with Crippen LogP contribution in [-0.2, 0) is 7.05 Å². The van der Waals surface area contributed by atoms with Crippen molar-refractivity contribution >= 4 is 5.95 Å². The van der Waals surface area contributed by atoms with E-state index < -0.39 is 0 Å². The van der Waals surface area contributed by atoms with Gasteiger partial charge >= 0.3 is 0 Å². The molecular formula is C11H21N3O. The van der Waals surface area contributed by atoms with Gasteiger partial charge in [0.2, 0.25) is 5.95 Å². The number of nitrogens with one attached hydrogen (secondary N) is 1. The van der Waals surface area contributed by atoms with Gasteiger partial charge in [-0.05, 0) is 11.8 Å². The highest BCUT2D eigenvalue weighted by Crippen LogP contribution is 2.20. The fourth-order valence-corrected chi connectivity index (χ4v) is 1.52. The number of rotatable bonds is 4. The van der Waals surface area contributed by atoms with E-state index in [1.54, 1.807) is 6.20 Å². The smallest absolute Gasteiger partial charge is 0.202 e. The van der Waals surface area contributed by atoms with Crippen LogP contribution in [0.4, 0.5) is 5.95 Å². The zero-order chi connectivity index (χ0) is 11.5. The topological polar surface area (TPSA) is 50.1 Å². The van der Waals surface area contributed by atoms with Gasteiger partial charge in [0.1, 0.15) is 0 Å². The van der Waals surface area contributed by atoms with Crippen molar-refractivity contribution in [1.82, 2.24) is 9.55 Å². The Balaban J connectivity index is 2.35. The number of anilines is 1. The standard InChI is InChI=1S/C11H21N3O/c1-11(2,3)7-9(15)8-13-10-12-5-6-14(10)4/h5-6,9,15H,7-8H2,1-4H3,(H,12,13). The van der Waals surface area contributed by atoms with E-state index in [2.05, 4.69) is 31.1 Å². The Morgan fingerprint density at radius 3 is 2.67 bits per heavy atom. The van der Waals surface area contributed by atoms with Gasteiger partial charge in [-0.2, -0.15) is 0 Å². The molecule has 0 spiro atoms. The first-order chi connectivity index (χ1) is 6.88. The molecule has 1 atom stereocenters. The van der Waals surface area contributed by atoms with Crippen LogP contribution in [0, 0.1) is 5.41 Å². The molecule has 0 aliphatic carbocycles. The van der Waals surface area contributed by atoms with Crippen molar-refractivity contribution in [2.75, 3.05) is 11.9 Å². The van der Waals surface area contributed by atoms with Crippen LogP contribution >= 0.6 is 0 Å². The van der Waals surface area contributed by atoms with E-state index in [-0.39, 0.29) is 11.5 Å². The molecule has 1 aromatic heterocycles. The minimum Gasteiger partial charge on any atom is -0.391 e. The summed E-state index contributed by atoms with van der Waals surface area (Å²) in [6, 6.07) is 0. The molecule has 1 heterocycles. The van der Waals surface area contributed by atoms with E-state index in [0.717, 1.165) is 12.4 Å². The van der Waals surface area contributed by atoms with Gasteiger partial charge in [0.05, 0.1) is 6.10 Å². The van der Waals surface area contributed by atoms with Crippen LogP contribution in [0.1, 0.15) is 27.2 Å². The molecule has 0 amide bonds. The first kappa shape index (κ1) is 12.0. The fourth-order valence-electron chi connectivity index (χ4n) is 1.52. The second-order valence-corrected chi connectivity index (χ2v) is 5.16. The number of hydrogen-bond acceptors (Lipinski definition) is 3. The van der Waals surface area contributed by atoms with Gasteiger partial charge in [-0.25, -0.2) is 4.98 Å². The van der Waals surface area contributed by atoms with Crippen molar-refractivity contribution in [3.05, 3.63) is 12.4 Å². The molecule has 0 radical (unpaired) electrons. The number of aromatic nitrogens is 2. The highest BCUT2D eigenvalue weighted by Gasteiger charge is 2.16. The van der Waals surface area contributed by atoms with Crippen molar-refractivity contribution in [3.8, 4) is 0 Å². The molecule has 86 valence electrons. The lowest BCUT2D eigenvalue weighted by molar-refractivity contribution is 0.132. The number of hydrogen-bond donors (Lipinski definition) is 2. The molecular weight excluding hydrogens is 190 g/mol. The Bertz CT molecular complexity index is 301. The van der Waals surface area contributed by atoms with Gasteiger partial charge in [0, 0.05) is 26.0 Å². The van der Waals surface area contributed by atoms with Gasteiger partial charge in [-0.1, -0.05) is 20.8 Å². The number of nitrogens with zero attached hydrogens (tertiary/aromatic N) is 2. The quantitative estimate of drug-likeness (QED) is 0.796. The van der Waals surface area contributed by atoms with Crippen molar-refractivity contribution in [1.29, 1.82) is 0 Å². The van der Waals surface area contributed by atoms with Crippen LogP contribution in [-0.4, -0.2) is 27.3 Å². The highest BCUT2D eigenvalue weighted by molar-refractivity contribution is 5.25. The van der Waals surface area contributed by atoms with Crippen LogP contribution in [0.15, 0.2) is 12.4 Å². The molecule has 0 saturated heterocycles. The summed E-state index contributed by atoms with van der Waals surface area (Å²) in [5.41, 5.74) is 0.155. The van der Waals surface area contributed by atoms with Gasteiger partial charge < -0.3 is 15.0 Å². The number of aliphatic hydroxyl groups excluding tert-OH is 1. The Labute approximate surface area is 91.3 Å². The van der Waals surface area contributed by atoms with E-state index >= 15 is 0 Å². The Kier molecular flexibility index (Phi) is 3.74. The summed E-state index contributed by atoms with van der Waals surface area (Å²) in [4.78, 5) is 4.12. The molecule has 4 heteroatoms. The van der Waals surface area contributed by atoms with Crippen molar-refractivity contribution < 1.29 is 5.11 Å². The summed E-state index contributed by atoms with van der Waals surface area (Å²) in [5, 5.41) is 12.9. The molecule has 1 rings (SSSR count). The summed E-state index contributed by atoms with van der Waals surface area (Å²) < 4.78 is 1.89. The van der Waals surface area contributed by atoms with Gasteiger partial charge in [-0.15, -0.1) is 0 Å². The molecule has 15 heavy (non-hydrogen) atoms. The van der Waals surface area contributed by atoms with E-state index in [9.17, 15) is 5.11 Å². The summed E-state index contributed by atoms with van der Waals surface area (Å²) >= 11 is 0. The normalized spacial score (nSPS) is 13.9. The van der Waals surface area contributed by atoms with E-state index in [1.807, 2.05) is 17.8 Å².